The van der Waals surface area contributed by atoms with Crippen LogP contribution in [0.5, 0.6) is 5.75 Å². The standard InChI is InChI=1S/C15H10FIOS/c1-18-11-6-7-13-12(8-11)14(17)15(19-13)9-2-4-10(16)5-3-9/h2-8H,1H3. The van der Waals surface area contributed by atoms with Crippen molar-refractivity contribution in [1.29, 1.82) is 0 Å². The van der Waals surface area contributed by atoms with Gasteiger partial charge in [-0.3, -0.25) is 0 Å². The molecule has 0 aliphatic carbocycles. The average molecular weight is 384 g/mol. The monoisotopic (exact) mass is 384 g/mol. The van der Waals surface area contributed by atoms with E-state index in [-0.39, 0.29) is 5.82 Å². The van der Waals surface area contributed by atoms with Crippen molar-refractivity contribution in [2.75, 3.05) is 7.11 Å². The molecule has 0 N–H and O–H groups in total. The Labute approximate surface area is 128 Å². The fourth-order valence-electron chi connectivity index (χ4n) is 1.96. The molecule has 1 nitrogen and oxygen atoms in total. The van der Waals surface area contributed by atoms with Crippen LogP contribution in [0.15, 0.2) is 42.5 Å². The number of hydrogen-bond acceptors (Lipinski definition) is 2. The van der Waals surface area contributed by atoms with Crippen LogP contribution < -0.4 is 4.74 Å². The summed E-state index contributed by atoms with van der Waals surface area (Å²) in [6, 6.07) is 12.7. The Kier molecular flexibility index (Phi) is 3.45. The highest BCUT2D eigenvalue weighted by Gasteiger charge is 2.12. The Balaban J connectivity index is 2.19. The fraction of sp³-hybridized carbons (Fsp3) is 0.0667. The largest absolute Gasteiger partial charge is 0.497 e. The number of halogens is 2. The minimum absolute atomic E-state index is 0.207. The van der Waals surface area contributed by atoms with Crippen LogP contribution in [0.25, 0.3) is 20.5 Å². The van der Waals surface area contributed by atoms with E-state index in [1.165, 1.54) is 30.7 Å². The van der Waals surface area contributed by atoms with E-state index in [0.29, 0.717) is 0 Å². The number of fused-ring (bicyclic) bond motifs is 1. The zero-order valence-electron chi connectivity index (χ0n) is 10.1. The molecule has 0 atom stereocenters. The highest BCUT2D eigenvalue weighted by atomic mass is 127. The Morgan fingerprint density at radius 3 is 2.53 bits per heavy atom. The van der Waals surface area contributed by atoms with Gasteiger partial charge in [-0.1, -0.05) is 12.1 Å². The van der Waals surface area contributed by atoms with Crippen molar-refractivity contribution < 1.29 is 9.13 Å². The summed E-state index contributed by atoms with van der Waals surface area (Å²) in [6.45, 7) is 0. The molecule has 1 aromatic heterocycles. The molecule has 0 fully saturated rings. The molecule has 0 amide bonds. The summed E-state index contributed by atoms with van der Waals surface area (Å²) in [5.41, 5.74) is 1.05. The normalized spacial score (nSPS) is 10.9. The van der Waals surface area contributed by atoms with Gasteiger partial charge >= 0.3 is 0 Å². The minimum atomic E-state index is -0.207. The molecule has 0 radical (unpaired) electrons. The first-order valence-corrected chi connectivity index (χ1v) is 7.60. The second-order valence-electron chi connectivity index (χ2n) is 4.11. The van der Waals surface area contributed by atoms with Gasteiger partial charge in [-0.15, -0.1) is 11.3 Å². The molecule has 0 spiro atoms. The molecule has 0 unspecified atom stereocenters. The number of thiophene rings is 1. The quantitative estimate of drug-likeness (QED) is 0.544. The maximum Gasteiger partial charge on any atom is 0.123 e. The zero-order valence-corrected chi connectivity index (χ0v) is 13.1. The molecule has 96 valence electrons. The molecule has 2 aromatic carbocycles. The van der Waals surface area contributed by atoms with Crippen LogP contribution in [0.1, 0.15) is 0 Å². The first-order valence-electron chi connectivity index (χ1n) is 5.71. The van der Waals surface area contributed by atoms with Crippen LogP contribution in [-0.2, 0) is 0 Å². The van der Waals surface area contributed by atoms with Crippen molar-refractivity contribution in [2.45, 2.75) is 0 Å². The molecule has 4 heteroatoms. The summed E-state index contributed by atoms with van der Waals surface area (Å²) in [5.74, 6) is 0.649. The lowest BCUT2D eigenvalue weighted by Gasteiger charge is -1.99. The molecule has 19 heavy (non-hydrogen) atoms. The van der Waals surface area contributed by atoms with E-state index in [9.17, 15) is 4.39 Å². The molecule has 0 aliphatic rings. The van der Waals surface area contributed by atoms with Gasteiger partial charge < -0.3 is 4.74 Å². The third-order valence-corrected chi connectivity index (χ3v) is 5.65. The summed E-state index contributed by atoms with van der Waals surface area (Å²) in [5, 5.41) is 1.18. The second-order valence-corrected chi connectivity index (χ2v) is 6.25. The maximum absolute atomic E-state index is 13.0. The Bertz CT molecular complexity index is 734. The molecule has 3 aromatic rings. The van der Waals surface area contributed by atoms with E-state index in [1.807, 2.05) is 24.3 Å². The molecule has 0 bridgehead atoms. The van der Waals surface area contributed by atoms with Crippen molar-refractivity contribution in [2.24, 2.45) is 0 Å². The maximum atomic E-state index is 13.0. The van der Waals surface area contributed by atoms with Crippen molar-refractivity contribution in [1.82, 2.24) is 0 Å². The molecular formula is C15H10FIOS. The van der Waals surface area contributed by atoms with Crippen LogP contribution in [0.2, 0.25) is 0 Å². The topological polar surface area (TPSA) is 9.23 Å². The predicted molar refractivity (Wildman–Crippen MR) is 86.5 cm³/mol. The van der Waals surface area contributed by atoms with Gasteiger partial charge in [0, 0.05) is 18.5 Å². The van der Waals surface area contributed by atoms with Crippen molar-refractivity contribution in [3.8, 4) is 16.2 Å². The van der Waals surface area contributed by atoms with Crippen LogP contribution >= 0.6 is 33.9 Å². The number of rotatable bonds is 2. The van der Waals surface area contributed by atoms with Crippen LogP contribution in [0, 0.1) is 9.39 Å². The fourth-order valence-corrected chi connectivity index (χ4v) is 4.31. The first kappa shape index (κ1) is 12.9. The Morgan fingerprint density at radius 2 is 1.84 bits per heavy atom. The summed E-state index contributed by atoms with van der Waals surface area (Å²) in [7, 11) is 1.67. The number of methoxy groups -OCH3 is 1. The van der Waals surface area contributed by atoms with Gasteiger partial charge in [0.15, 0.2) is 0 Å². The van der Waals surface area contributed by atoms with E-state index in [2.05, 4.69) is 28.7 Å². The number of benzene rings is 2. The first-order chi connectivity index (χ1) is 9.19. The van der Waals surface area contributed by atoms with Crippen molar-refractivity contribution in [3.63, 3.8) is 0 Å². The molecule has 0 saturated heterocycles. The van der Waals surface area contributed by atoms with E-state index < -0.39 is 0 Å². The third-order valence-electron chi connectivity index (χ3n) is 2.94. The molecule has 3 rings (SSSR count). The van der Waals surface area contributed by atoms with Crippen LogP contribution in [0.3, 0.4) is 0 Å². The van der Waals surface area contributed by atoms with Gasteiger partial charge in [0.1, 0.15) is 11.6 Å². The Hall–Kier alpha value is -1.14. The third kappa shape index (κ3) is 2.34. The summed E-state index contributed by atoms with van der Waals surface area (Å²) < 4.78 is 20.6. The van der Waals surface area contributed by atoms with Gasteiger partial charge in [-0.05, 0) is 58.5 Å². The summed E-state index contributed by atoms with van der Waals surface area (Å²) in [6.07, 6.45) is 0. The van der Waals surface area contributed by atoms with E-state index in [4.69, 9.17) is 4.74 Å². The molecular weight excluding hydrogens is 374 g/mol. The van der Waals surface area contributed by atoms with Gasteiger partial charge in [0.05, 0.1) is 7.11 Å². The van der Waals surface area contributed by atoms with Gasteiger partial charge in [-0.2, -0.15) is 0 Å². The van der Waals surface area contributed by atoms with Gasteiger partial charge in [-0.25, -0.2) is 4.39 Å². The highest BCUT2D eigenvalue weighted by molar-refractivity contribution is 14.1. The number of ether oxygens (including phenoxy) is 1. The van der Waals surface area contributed by atoms with Crippen molar-refractivity contribution in [3.05, 3.63) is 51.9 Å². The van der Waals surface area contributed by atoms with E-state index in [0.717, 1.165) is 11.3 Å². The summed E-state index contributed by atoms with van der Waals surface area (Å²) in [4.78, 5) is 1.17. The number of hydrogen-bond donors (Lipinski definition) is 0. The molecule has 0 aliphatic heterocycles. The van der Waals surface area contributed by atoms with E-state index >= 15 is 0 Å². The predicted octanol–water partition coefficient (Wildman–Crippen LogP) is 5.32. The lowest BCUT2D eigenvalue weighted by molar-refractivity contribution is 0.415. The zero-order chi connectivity index (χ0) is 13.4. The second kappa shape index (κ2) is 5.09. The smallest absolute Gasteiger partial charge is 0.123 e. The van der Waals surface area contributed by atoms with Crippen LogP contribution in [0.4, 0.5) is 4.39 Å². The lowest BCUT2D eigenvalue weighted by Crippen LogP contribution is -1.81. The molecule has 1 heterocycles. The van der Waals surface area contributed by atoms with Gasteiger partial charge in [0.2, 0.25) is 0 Å². The van der Waals surface area contributed by atoms with E-state index in [1.54, 1.807) is 18.4 Å². The minimum Gasteiger partial charge on any atom is -0.497 e. The lowest BCUT2D eigenvalue weighted by atomic mass is 10.1. The van der Waals surface area contributed by atoms with Crippen LogP contribution in [-0.4, -0.2) is 7.11 Å². The van der Waals surface area contributed by atoms with Gasteiger partial charge in [0.25, 0.3) is 0 Å². The summed E-state index contributed by atoms with van der Waals surface area (Å²) >= 11 is 4.06. The SMILES string of the molecule is COc1ccc2sc(-c3ccc(F)cc3)c(I)c2c1. The molecule has 0 saturated carbocycles. The van der Waals surface area contributed by atoms with Crippen molar-refractivity contribution >= 4 is 44.0 Å². The highest BCUT2D eigenvalue weighted by Crippen LogP contribution is 2.40. The average Bonchev–Trinajstić information content (AvgIpc) is 2.76. The Morgan fingerprint density at radius 1 is 1.11 bits per heavy atom.